The molecule has 2 N–H and O–H groups in total. The summed E-state index contributed by atoms with van der Waals surface area (Å²) < 4.78 is 15.7. The van der Waals surface area contributed by atoms with Crippen LogP contribution in [0.1, 0.15) is 29.6 Å². The maximum Gasteiger partial charge on any atom is 0.252 e. The summed E-state index contributed by atoms with van der Waals surface area (Å²) in [5.74, 6) is 0.693. The van der Waals surface area contributed by atoms with Gasteiger partial charge in [0, 0.05) is 12.1 Å². The van der Waals surface area contributed by atoms with Crippen molar-refractivity contribution in [2.24, 2.45) is 0 Å². The van der Waals surface area contributed by atoms with Crippen molar-refractivity contribution in [2.45, 2.75) is 25.3 Å². The van der Waals surface area contributed by atoms with Gasteiger partial charge in [-0.15, -0.1) is 0 Å². The number of carbonyl (C=O) groups is 2. The van der Waals surface area contributed by atoms with Gasteiger partial charge >= 0.3 is 0 Å². The summed E-state index contributed by atoms with van der Waals surface area (Å²) in [6, 6.07) is 2.60. The number of methoxy groups -OCH3 is 3. The van der Waals surface area contributed by atoms with Crippen LogP contribution in [0.2, 0.25) is 0 Å². The lowest BCUT2D eigenvalue weighted by atomic mass is 10.1. The molecule has 1 unspecified atom stereocenters. The molecule has 0 radical (unpaired) electrons. The fourth-order valence-electron chi connectivity index (χ4n) is 2.53. The highest BCUT2D eigenvalue weighted by molar-refractivity contribution is 5.98. The summed E-state index contributed by atoms with van der Waals surface area (Å²) in [6.07, 6.45) is 2.43. The average molecular weight is 322 g/mol. The van der Waals surface area contributed by atoms with Crippen LogP contribution in [-0.4, -0.2) is 45.7 Å². The molecule has 0 spiro atoms. The molecule has 2 rings (SSSR count). The fourth-order valence-corrected chi connectivity index (χ4v) is 2.53. The molecular formula is C16H22N2O5. The van der Waals surface area contributed by atoms with E-state index in [0.29, 0.717) is 35.8 Å². The minimum Gasteiger partial charge on any atom is -0.493 e. The molecule has 1 atom stereocenters. The Balaban J connectivity index is 2.23. The number of hydrogen-bond donors (Lipinski definition) is 2. The molecule has 23 heavy (non-hydrogen) atoms. The molecule has 1 fully saturated rings. The molecule has 1 aliphatic rings. The van der Waals surface area contributed by atoms with Crippen molar-refractivity contribution < 1.29 is 23.8 Å². The predicted molar refractivity (Wildman–Crippen MR) is 84.2 cm³/mol. The monoisotopic (exact) mass is 322 g/mol. The van der Waals surface area contributed by atoms with Crippen LogP contribution in [0.3, 0.4) is 0 Å². The smallest absolute Gasteiger partial charge is 0.252 e. The number of ether oxygens (including phenoxy) is 3. The van der Waals surface area contributed by atoms with E-state index in [2.05, 4.69) is 10.6 Å². The van der Waals surface area contributed by atoms with Gasteiger partial charge in [-0.05, 0) is 31.4 Å². The Morgan fingerprint density at radius 3 is 2.35 bits per heavy atom. The van der Waals surface area contributed by atoms with Crippen molar-refractivity contribution in [3.63, 3.8) is 0 Å². The number of rotatable bonds is 5. The predicted octanol–water partition coefficient (Wildman–Crippen LogP) is 1.11. The van der Waals surface area contributed by atoms with E-state index in [1.807, 2.05) is 0 Å². The van der Waals surface area contributed by atoms with Gasteiger partial charge in [-0.25, -0.2) is 0 Å². The first-order valence-corrected chi connectivity index (χ1v) is 7.49. The number of carbonyl (C=O) groups excluding carboxylic acids is 2. The van der Waals surface area contributed by atoms with Gasteiger partial charge in [0.1, 0.15) is 6.04 Å². The zero-order chi connectivity index (χ0) is 16.8. The zero-order valence-corrected chi connectivity index (χ0v) is 13.6. The summed E-state index contributed by atoms with van der Waals surface area (Å²) in [5, 5.41) is 5.55. The highest BCUT2D eigenvalue weighted by Crippen LogP contribution is 2.38. The fraction of sp³-hybridized carbons (Fsp3) is 0.500. The third kappa shape index (κ3) is 3.85. The SMILES string of the molecule is COc1cc(C(=O)NC2CCCCNC2=O)cc(OC)c1OC. The van der Waals surface area contributed by atoms with E-state index in [0.717, 1.165) is 12.8 Å². The Labute approximate surface area is 135 Å². The zero-order valence-electron chi connectivity index (χ0n) is 13.6. The molecule has 0 bridgehead atoms. The first-order chi connectivity index (χ1) is 11.1. The van der Waals surface area contributed by atoms with Gasteiger partial charge in [0.05, 0.1) is 21.3 Å². The lowest BCUT2D eigenvalue weighted by Gasteiger charge is -2.17. The summed E-state index contributed by atoms with van der Waals surface area (Å²) in [6.45, 7) is 0.648. The van der Waals surface area contributed by atoms with E-state index < -0.39 is 6.04 Å². The van der Waals surface area contributed by atoms with Crippen LogP contribution < -0.4 is 24.8 Å². The Morgan fingerprint density at radius 1 is 1.13 bits per heavy atom. The molecule has 1 saturated heterocycles. The molecule has 0 aliphatic carbocycles. The van der Waals surface area contributed by atoms with Crippen LogP contribution in [0.5, 0.6) is 17.2 Å². The first kappa shape index (κ1) is 16.9. The van der Waals surface area contributed by atoms with E-state index in [-0.39, 0.29) is 11.8 Å². The molecule has 126 valence electrons. The minimum atomic E-state index is -0.524. The standard InChI is InChI=1S/C16H22N2O5/c1-21-12-8-10(9-13(22-2)14(12)23-3)15(19)18-11-6-4-5-7-17-16(11)20/h8-9,11H,4-7H2,1-3H3,(H,17,20)(H,18,19). The molecule has 1 aromatic carbocycles. The quantitative estimate of drug-likeness (QED) is 0.848. The second-order valence-corrected chi connectivity index (χ2v) is 5.23. The second kappa shape index (κ2) is 7.71. The van der Waals surface area contributed by atoms with E-state index >= 15 is 0 Å². The van der Waals surface area contributed by atoms with Crippen LogP contribution in [0, 0.1) is 0 Å². The maximum absolute atomic E-state index is 12.5. The molecule has 0 aromatic heterocycles. The highest BCUT2D eigenvalue weighted by atomic mass is 16.5. The van der Waals surface area contributed by atoms with Crippen LogP contribution in [-0.2, 0) is 4.79 Å². The summed E-state index contributed by atoms with van der Waals surface area (Å²) >= 11 is 0. The average Bonchev–Trinajstić information content (AvgIpc) is 2.77. The summed E-state index contributed by atoms with van der Waals surface area (Å²) in [4.78, 5) is 24.4. The molecule has 1 aliphatic heterocycles. The highest BCUT2D eigenvalue weighted by Gasteiger charge is 2.24. The third-order valence-electron chi connectivity index (χ3n) is 3.77. The van der Waals surface area contributed by atoms with E-state index in [9.17, 15) is 9.59 Å². The molecule has 7 heteroatoms. The molecule has 1 heterocycles. The maximum atomic E-state index is 12.5. The van der Waals surface area contributed by atoms with E-state index in [1.165, 1.54) is 21.3 Å². The number of amides is 2. The Kier molecular flexibility index (Phi) is 5.67. The van der Waals surface area contributed by atoms with Crippen LogP contribution in [0.25, 0.3) is 0 Å². The van der Waals surface area contributed by atoms with E-state index in [4.69, 9.17) is 14.2 Å². The van der Waals surface area contributed by atoms with Gasteiger partial charge in [0.15, 0.2) is 11.5 Å². The van der Waals surface area contributed by atoms with Crippen molar-refractivity contribution in [1.82, 2.24) is 10.6 Å². The second-order valence-electron chi connectivity index (χ2n) is 5.23. The Morgan fingerprint density at radius 2 is 1.78 bits per heavy atom. The Hall–Kier alpha value is -2.44. The molecular weight excluding hydrogens is 300 g/mol. The van der Waals surface area contributed by atoms with Gasteiger partial charge in [0.25, 0.3) is 5.91 Å². The van der Waals surface area contributed by atoms with Crippen molar-refractivity contribution >= 4 is 11.8 Å². The van der Waals surface area contributed by atoms with Gasteiger partial charge < -0.3 is 24.8 Å². The molecule has 0 saturated carbocycles. The normalized spacial score (nSPS) is 17.7. The van der Waals surface area contributed by atoms with Crippen LogP contribution in [0.4, 0.5) is 0 Å². The first-order valence-electron chi connectivity index (χ1n) is 7.49. The van der Waals surface area contributed by atoms with Crippen molar-refractivity contribution in [2.75, 3.05) is 27.9 Å². The van der Waals surface area contributed by atoms with Gasteiger partial charge in [0.2, 0.25) is 11.7 Å². The van der Waals surface area contributed by atoms with Crippen molar-refractivity contribution in [3.05, 3.63) is 17.7 Å². The minimum absolute atomic E-state index is 0.150. The molecule has 2 amide bonds. The lowest BCUT2D eigenvalue weighted by Crippen LogP contribution is -2.45. The number of nitrogens with one attached hydrogen (secondary N) is 2. The van der Waals surface area contributed by atoms with Crippen LogP contribution in [0.15, 0.2) is 12.1 Å². The Bertz CT molecular complexity index is 563. The van der Waals surface area contributed by atoms with Gasteiger partial charge in [-0.3, -0.25) is 9.59 Å². The third-order valence-corrected chi connectivity index (χ3v) is 3.77. The topological polar surface area (TPSA) is 85.9 Å². The van der Waals surface area contributed by atoms with Crippen molar-refractivity contribution in [3.8, 4) is 17.2 Å². The largest absolute Gasteiger partial charge is 0.493 e. The number of benzene rings is 1. The van der Waals surface area contributed by atoms with Gasteiger partial charge in [-0.1, -0.05) is 0 Å². The van der Waals surface area contributed by atoms with Crippen LogP contribution >= 0.6 is 0 Å². The van der Waals surface area contributed by atoms with Gasteiger partial charge in [-0.2, -0.15) is 0 Å². The van der Waals surface area contributed by atoms with Crippen molar-refractivity contribution in [1.29, 1.82) is 0 Å². The summed E-state index contributed by atoms with van der Waals surface area (Å²) in [7, 11) is 4.46. The van der Waals surface area contributed by atoms with E-state index in [1.54, 1.807) is 12.1 Å². The molecule has 1 aromatic rings. The summed E-state index contributed by atoms with van der Waals surface area (Å²) in [5.41, 5.74) is 0.344. The number of hydrogen-bond acceptors (Lipinski definition) is 5. The lowest BCUT2D eigenvalue weighted by molar-refractivity contribution is -0.122. The molecule has 7 nitrogen and oxygen atoms in total.